The van der Waals surface area contributed by atoms with Crippen molar-refractivity contribution in [1.82, 2.24) is 0 Å². The van der Waals surface area contributed by atoms with E-state index < -0.39 is 13.9 Å². The zero-order chi connectivity index (χ0) is 20.2. The maximum absolute atomic E-state index is 5.73. The summed E-state index contributed by atoms with van der Waals surface area (Å²) in [7, 11) is 0. The molecule has 1 rings (SSSR count). The van der Waals surface area contributed by atoms with E-state index in [1.807, 2.05) is 20.8 Å². The third-order valence-electron chi connectivity index (χ3n) is 3.24. The molecule has 0 fully saturated rings. The fraction of sp³-hybridized carbons (Fsp3) is 0.750. The molecule has 0 aromatic carbocycles. The molecule has 12 heteroatoms. The van der Waals surface area contributed by atoms with Crippen molar-refractivity contribution in [1.29, 1.82) is 0 Å². The number of ether oxygens (including phenoxy) is 3. The molecule has 0 radical (unpaired) electrons. The van der Waals surface area contributed by atoms with Gasteiger partial charge in [-0.25, -0.2) is 12.5 Å². The van der Waals surface area contributed by atoms with Gasteiger partial charge < -0.3 is 31.2 Å². The van der Waals surface area contributed by atoms with Crippen molar-refractivity contribution < 1.29 is 50.1 Å². The Morgan fingerprint density at radius 3 is 1.93 bits per heavy atom. The molecule has 1 aliphatic heterocycles. The average molecular weight is 576 g/mol. The van der Waals surface area contributed by atoms with Gasteiger partial charge in [0.15, 0.2) is 6.29 Å². The summed E-state index contributed by atoms with van der Waals surface area (Å²) in [6.45, 7) is 10.0. The maximum atomic E-state index is 5.73. The van der Waals surface area contributed by atoms with Crippen molar-refractivity contribution in [2.45, 2.75) is 53.0 Å². The van der Waals surface area contributed by atoms with E-state index in [-0.39, 0.29) is 54.6 Å². The number of nitrogens with zero attached hydrogens (tertiary/aromatic N) is 1. The first-order chi connectivity index (χ1) is 11.7. The first kappa shape index (κ1) is 32.0. The van der Waals surface area contributed by atoms with Gasteiger partial charge in [-0.3, -0.25) is 4.99 Å². The van der Waals surface area contributed by atoms with E-state index in [0.29, 0.717) is 25.3 Å². The van der Waals surface area contributed by atoms with E-state index in [0.717, 1.165) is 11.1 Å². The van der Waals surface area contributed by atoms with E-state index in [1.54, 1.807) is 0 Å². The molecule has 0 saturated heterocycles. The van der Waals surface area contributed by atoms with Crippen molar-refractivity contribution in [2.24, 2.45) is 4.99 Å². The minimum Gasteiger partial charge on any atom is -1.00 e. The monoisotopic (exact) mass is 572 g/mol. The standard InChI is InChI=1S/C16H22Cl6NO3.BrH.Li/c1-10(2)11(13-23-14(3,4)7-26-13)5-6-12(24-8-15(17,18)19)25-9-16(20,21)22;;/h12H,1,5-9H2,2-4H3;1H;/q-1;;+1/p-1/b11-10+;;. The fourth-order valence-electron chi connectivity index (χ4n) is 2.09. The van der Waals surface area contributed by atoms with Crippen LogP contribution in [0.25, 0.3) is 0 Å². The van der Waals surface area contributed by atoms with E-state index in [1.165, 1.54) is 0 Å². The Kier molecular flexibility index (Phi) is 15.3. The number of aliphatic imine (C=N–C) groups is 1. The Hall–Kier alpha value is 1.82. The summed E-state index contributed by atoms with van der Waals surface area (Å²) in [6.07, 6.45) is 0.187. The van der Waals surface area contributed by atoms with Crippen molar-refractivity contribution in [3.63, 3.8) is 0 Å². The van der Waals surface area contributed by atoms with Gasteiger partial charge >= 0.3 is 18.9 Å². The zero-order valence-electron chi connectivity index (χ0n) is 16.1. The van der Waals surface area contributed by atoms with Crippen molar-refractivity contribution in [3.8, 4) is 0 Å². The third kappa shape index (κ3) is 14.0. The molecule has 28 heavy (non-hydrogen) atoms. The first-order valence-corrected chi connectivity index (χ1v) is 10.1. The van der Waals surface area contributed by atoms with Gasteiger partial charge in [0.25, 0.3) is 0 Å². The zero-order valence-corrected chi connectivity index (χ0v) is 22.3. The van der Waals surface area contributed by atoms with Gasteiger partial charge in [-0.2, -0.15) is 0 Å². The molecule has 1 heterocycles. The van der Waals surface area contributed by atoms with E-state index in [2.05, 4.69) is 11.9 Å². The number of halogens is 7. The molecule has 4 nitrogen and oxygen atoms in total. The quantitative estimate of drug-likeness (QED) is 0.180. The topological polar surface area (TPSA) is 40.0 Å². The van der Waals surface area contributed by atoms with Gasteiger partial charge in [0.05, 0.1) is 18.8 Å². The Morgan fingerprint density at radius 2 is 1.61 bits per heavy atom. The SMILES string of the molecule is [Br-].[CH2-]/C(C)=C(/CCC(OCC(Cl)(Cl)Cl)OCC(Cl)(Cl)Cl)C1=NC(C)(C)CO1.[Li+]. The molecule has 0 amide bonds. The number of hydrogen-bond acceptors (Lipinski definition) is 4. The predicted molar refractivity (Wildman–Crippen MR) is 111 cm³/mol. The fourth-order valence-corrected chi connectivity index (χ4v) is 2.47. The summed E-state index contributed by atoms with van der Waals surface area (Å²) < 4.78 is 13.6. The Balaban J connectivity index is 0. The van der Waals surface area contributed by atoms with Crippen molar-refractivity contribution >= 4 is 75.5 Å². The second-order valence-corrected chi connectivity index (χ2v) is 11.6. The Morgan fingerprint density at radius 1 is 1.14 bits per heavy atom. The van der Waals surface area contributed by atoms with Crippen LogP contribution in [0.5, 0.6) is 0 Å². The van der Waals surface area contributed by atoms with Crippen molar-refractivity contribution in [2.75, 3.05) is 19.8 Å². The van der Waals surface area contributed by atoms with E-state index in [4.69, 9.17) is 83.8 Å². The van der Waals surface area contributed by atoms with Gasteiger partial charge in [-0.05, 0) is 20.3 Å². The van der Waals surface area contributed by atoms with Gasteiger partial charge in [0, 0.05) is 0 Å². The molecule has 160 valence electrons. The van der Waals surface area contributed by atoms with Crippen LogP contribution in [-0.2, 0) is 14.2 Å². The number of allylic oxidation sites excluding steroid dienone is 1. The molecule has 0 saturated carbocycles. The summed E-state index contributed by atoms with van der Waals surface area (Å²) >= 11 is 34.4. The van der Waals surface area contributed by atoms with Crippen LogP contribution in [0.3, 0.4) is 0 Å². The van der Waals surface area contributed by atoms with Crippen LogP contribution in [0.1, 0.15) is 33.6 Å². The van der Waals surface area contributed by atoms with Crippen LogP contribution >= 0.6 is 69.6 Å². The second kappa shape index (κ2) is 13.4. The number of rotatable bonds is 8. The second-order valence-electron chi connectivity index (χ2n) is 6.60. The molecule has 0 bridgehead atoms. The van der Waals surface area contributed by atoms with E-state index >= 15 is 0 Å². The number of hydrogen-bond donors (Lipinski definition) is 0. The number of alkyl halides is 6. The predicted octanol–water partition coefficient (Wildman–Crippen LogP) is 0.232. The van der Waals surface area contributed by atoms with Gasteiger partial charge in [0.2, 0.25) is 7.59 Å². The van der Waals surface area contributed by atoms with Crippen LogP contribution in [-0.4, -0.2) is 45.1 Å². The molecular formula is C16H22BrCl6LiNO3-. The molecule has 0 spiro atoms. The van der Waals surface area contributed by atoms with Crippen LogP contribution in [0.15, 0.2) is 16.1 Å². The molecule has 0 unspecified atom stereocenters. The smallest absolute Gasteiger partial charge is 1.00 e. The molecular weight excluding hydrogens is 554 g/mol. The molecule has 0 atom stereocenters. The summed E-state index contributed by atoms with van der Waals surface area (Å²) in [4.78, 5) is 4.58. The van der Waals surface area contributed by atoms with Gasteiger partial charge in [-0.15, -0.1) is 5.57 Å². The first-order valence-electron chi connectivity index (χ1n) is 7.80. The van der Waals surface area contributed by atoms with Crippen LogP contribution < -0.4 is 35.8 Å². The summed E-state index contributed by atoms with van der Waals surface area (Å²) in [5.41, 5.74) is 1.44. The molecule has 0 N–H and O–H groups in total. The Labute approximate surface area is 219 Å². The third-order valence-corrected chi connectivity index (χ3v) is 3.89. The van der Waals surface area contributed by atoms with Crippen molar-refractivity contribution in [3.05, 3.63) is 18.1 Å². The molecule has 0 aromatic heterocycles. The maximum Gasteiger partial charge on any atom is 1.00 e. The molecule has 0 aromatic rings. The largest absolute Gasteiger partial charge is 1.00 e. The minimum absolute atomic E-state index is 0. The summed E-state index contributed by atoms with van der Waals surface area (Å²) in [5, 5.41) is 0. The van der Waals surface area contributed by atoms with Crippen LogP contribution in [0.4, 0.5) is 0 Å². The molecule has 0 aliphatic carbocycles. The van der Waals surface area contributed by atoms with E-state index in [9.17, 15) is 0 Å². The summed E-state index contributed by atoms with van der Waals surface area (Å²) in [5.74, 6) is 0.573. The average Bonchev–Trinajstić information content (AvgIpc) is 2.78. The minimum atomic E-state index is -1.58. The Bertz CT molecular complexity index is 527. The summed E-state index contributed by atoms with van der Waals surface area (Å²) in [6, 6.07) is 0. The normalized spacial score (nSPS) is 17.3. The van der Waals surface area contributed by atoms with Crippen LogP contribution in [0.2, 0.25) is 0 Å². The van der Waals surface area contributed by atoms with Gasteiger partial charge in [0.1, 0.15) is 12.5 Å². The molecule has 1 aliphatic rings. The van der Waals surface area contributed by atoms with Gasteiger partial charge in [-0.1, -0.05) is 83.0 Å². The van der Waals surface area contributed by atoms with Crippen LogP contribution in [0, 0.1) is 6.92 Å².